The van der Waals surface area contributed by atoms with Crippen LogP contribution in [0.1, 0.15) is 17.3 Å². The SMILES string of the molecule is CSCC(C)N(C)C(=O)c1cc(Br)ccc1O. The second-order valence-electron chi connectivity index (χ2n) is 3.88. The maximum atomic E-state index is 12.2. The number of aromatic hydroxyl groups is 1. The van der Waals surface area contributed by atoms with Crippen molar-refractivity contribution in [2.24, 2.45) is 0 Å². The van der Waals surface area contributed by atoms with Crippen LogP contribution >= 0.6 is 27.7 Å². The monoisotopic (exact) mass is 317 g/mol. The van der Waals surface area contributed by atoms with Crippen molar-refractivity contribution in [2.75, 3.05) is 19.1 Å². The first-order chi connectivity index (χ1) is 7.97. The van der Waals surface area contributed by atoms with E-state index in [9.17, 15) is 9.90 Å². The molecule has 0 aliphatic carbocycles. The van der Waals surface area contributed by atoms with E-state index in [2.05, 4.69) is 15.9 Å². The van der Waals surface area contributed by atoms with Crippen LogP contribution in [0.3, 0.4) is 0 Å². The zero-order valence-corrected chi connectivity index (χ0v) is 12.5. The van der Waals surface area contributed by atoms with Gasteiger partial charge in [-0.2, -0.15) is 11.8 Å². The number of hydrogen-bond donors (Lipinski definition) is 1. The van der Waals surface area contributed by atoms with Crippen molar-refractivity contribution < 1.29 is 9.90 Å². The minimum absolute atomic E-state index is 0.0152. The molecule has 0 spiro atoms. The fourth-order valence-corrected chi connectivity index (χ4v) is 2.49. The number of halogens is 1. The fourth-order valence-electron chi connectivity index (χ4n) is 1.42. The zero-order valence-electron chi connectivity index (χ0n) is 10.1. The van der Waals surface area contributed by atoms with Crippen LogP contribution in [-0.2, 0) is 0 Å². The number of phenols is 1. The van der Waals surface area contributed by atoms with E-state index in [-0.39, 0.29) is 17.7 Å². The van der Waals surface area contributed by atoms with Gasteiger partial charge in [-0.15, -0.1) is 0 Å². The van der Waals surface area contributed by atoms with E-state index in [1.165, 1.54) is 6.07 Å². The summed E-state index contributed by atoms with van der Waals surface area (Å²) in [7, 11) is 1.75. The van der Waals surface area contributed by atoms with Crippen molar-refractivity contribution in [3.63, 3.8) is 0 Å². The van der Waals surface area contributed by atoms with Gasteiger partial charge in [0, 0.05) is 23.3 Å². The lowest BCUT2D eigenvalue weighted by Crippen LogP contribution is -2.36. The number of carbonyl (C=O) groups is 1. The average molecular weight is 318 g/mol. The largest absolute Gasteiger partial charge is 0.507 e. The van der Waals surface area contributed by atoms with Gasteiger partial charge in [-0.25, -0.2) is 0 Å². The predicted molar refractivity (Wildman–Crippen MR) is 75.7 cm³/mol. The third-order valence-corrected chi connectivity index (χ3v) is 3.89. The van der Waals surface area contributed by atoms with Gasteiger partial charge < -0.3 is 10.0 Å². The zero-order chi connectivity index (χ0) is 13.0. The van der Waals surface area contributed by atoms with Gasteiger partial charge in [0.2, 0.25) is 0 Å². The molecule has 1 aromatic rings. The van der Waals surface area contributed by atoms with Crippen molar-refractivity contribution in [2.45, 2.75) is 13.0 Å². The third-order valence-electron chi connectivity index (χ3n) is 2.58. The minimum Gasteiger partial charge on any atom is -0.507 e. The standard InChI is InChI=1S/C12H16BrNO2S/c1-8(7-17-3)14(2)12(16)10-6-9(13)4-5-11(10)15/h4-6,8,15H,7H2,1-3H3. The van der Waals surface area contributed by atoms with E-state index in [1.807, 2.05) is 13.2 Å². The molecule has 17 heavy (non-hydrogen) atoms. The number of hydrogen-bond acceptors (Lipinski definition) is 3. The van der Waals surface area contributed by atoms with E-state index >= 15 is 0 Å². The Kier molecular flexibility index (Phi) is 5.33. The van der Waals surface area contributed by atoms with Crippen LogP contribution in [0.25, 0.3) is 0 Å². The second-order valence-corrected chi connectivity index (χ2v) is 5.71. The Hall–Kier alpha value is -0.680. The molecule has 0 saturated heterocycles. The van der Waals surface area contributed by atoms with E-state index < -0.39 is 0 Å². The topological polar surface area (TPSA) is 40.5 Å². The molecule has 0 radical (unpaired) electrons. The minimum atomic E-state index is -0.162. The summed E-state index contributed by atoms with van der Waals surface area (Å²) in [6.07, 6.45) is 2.01. The summed E-state index contributed by atoms with van der Waals surface area (Å²) in [5.74, 6) is 0.726. The lowest BCUT2D eigenvalue weighted by Gasteiger charge is -2.24. The Balaban J connectivity index is 2.92. The highest BCUT2D eigenvalue weighted by Crippen LogP contribution is 2.23. The fraction of sp³-hybridized carbons (Fsp3) is 0.417. The van der Waals surface area contributed by atoms with Crippen LogP contribution in [0.5, 0.6) is 5.75 Å². The van der Waals surface area contributed by atoms with Gasteiger partial charge in [-0.05, 0) is 31.4 Å². The van der Waals surface area contributed by atoms with E-state index in [1.54, 1.807) is 35.8 Å². The number of nitrogens with zero attached hydrogens (tertiary/aromatic N) is 1. The van der Waals surface area contributed by atoms with Gasteiger partial charge in [0.05, 0.1) is 5.56 Å². The maximum Gasteiger partial charge on any atom is 0.257 e. The highest BCUT2D eigenvalue weighted by molar-refractivity contribution is 9.10. The van der Waals surface area contributed by atoms with Gasteiger partial charge in [0.25, 0.3) is 5.91 Å². The number of rotatable bonds is 4. The Labute approximate surface area is 114 Å². The molecular weight excluding hydrogens is 302 g/mol. The lowest BCUT2D eigenvalue weighted by atomic mass is 10.1. The Morgan fingerprint density at radius 1 is 1.59 bits per heavy atom. The summed E-state index contributed by atoms with van der Waals surface area (Å²) in [6, 6.07) is 5.00. The molecule has 1 aromatic carbocycles. The smallest absolute Gasteiger partial charge is 0.257 e. The van der Waals surface area contributed by atoms with E-state index in [4.69, 9.17) is 0 Å². The molecule has 0 aliphatic heterocycles. The molecular formula is C12H16BrNO2S. The number of thioether (sulfide) groups is 1. The van der Waals surface area contributed by atoms with Crippen molar-refractivity contribution in [3.05, 3.63) is 28.2 Å². The molecule has 1 unspecified atom stereocenters. The molecule has 0 aromatic heterocycles. The van der Waals surface area contributed by atoms with Crippen LogP contribution in [-0.4, -0.2) is 41.0 Å². The van der Waals surface area contributed by atoms with Gasteiger partial charge >= 0.3 is 0 Å². The molecule has 94 valence electrons. The molecule has 1 amide bonds. The quantitative estimate of drug-likeness (QED) is 0.928. The summed E-state index contributed by atoms with van der Waals surface area (Å²) in [4.78, 5) is 13.8. The molecule has 1 N–H and O–H groups in total. The number of phenolic OH excluding ortho intramolecular Hbond substituents is 1. The van der Waals surface area contributed by atoms with Gasteiger partial charge in [-0.1, -0.05) is 15.9 Å². The van der Waals surface area contributed by atoms with E-state index in [0.29, 0.717) is 5.56 Å². The number of benzene rings is 1. The Morgan fingerprint density at radius 3 is 2.82 bits per heavy atom. The summed E-state index contributed by atoms with van der Waals surface area (Å²) >= 11 is 4.99. The molecule has 0 bridgehead atoms. The third kappa shape index (κ3) is 3.64. The van der Waals surface area contributed by atoms with E-state index in [0.717, 1.165) is 10.2 Å². The van der Waals surface area contributed by atoms with Crippen molar-refractivity contribution in [3.8, 4) is 5.75 Å². The average Bonchev–Trinajstić information content (AvgIpc) is 2.30. The molecule has 0 fully saturated rings. The summed E-state index contributed by atoms with van der Waals surface area (Å²) < 4.78 is 0.782. The highest BCUT2D eigenvalue weighted by Gasteiger charge is 2.20. The van der Waals surface area contributed by atoms with Crippen molar-refractivity contribution in [1.29, 1.82) is 0 Å². The van der Waals surface area contributed by atoms with Crippen LogP contribution in [0.15, 0.2) is 22.7 Å². The predicted octanol–water partition coefficient (Wildman–Crippen LogP) is 2.98. The van der Waals surface area contributed by atoms with Gasteiger partial charge in [-0.3, -0.25) is 4.79 Å². The first-order valence-corrected chi connectivity index (χ1v) is 7.40. The maximum absolute atomic E-state index is 12.2. The van der Waals surface area contributed by atoms with Crippen LogP contribution in [0, 0.1) is 0 Å². The molecule has 5 heteroatoms. The summed E-state index contributed by atoms with van der Waals surface area (Å²) in [5.41, 5.74) is 0.329. The Morgan fingerprint density at radius 2 is 2.24 bits per heavy atom. The molecule has 0 aliphatic rings. The van der Waals surface area contributed by atoms with Crippen LogP contribution in [0.4, 0.5) is 0 Å². The molecule has 0 heterocycles. The van der Waals surface area contributed by atoms with Gasteiger partial charge in [0.1, 0.15) is 5.75 Å². The van der Waals surface area contributed by atoms with Crippen molar-refractivity contribution >= 4 is 33.6 Å². The molecule has 0 saturated carbocycles. The van der Waals surface area contributed by atoms with Crippen LogP contribution < -0.4 is 0 Å². The summed E-state index contributed by atoms with van der Waals surface area (Å²) in [6.45, 7) is 1.99. The summed E-state index contributed by atoms with van der Waals surface area (Å²) in [5, 5.41) is 9.69. The highest BCUT2D eigenvalue weighted by atomic mass is 79.9. The van der Waals surface area contributed by atoms with Gasteiger partial charge in [0.15, 0.2) is 0 Å². The van der Waals surface area contributed by atoms with Crippen molar-refractivity contribution in [1.82, 2.24) is 4.90 Å². The first kappa shape index (κ1) is 14.4. The lowest BCUT2D eigenvalue weighted by molar-refractivity contribution is 0.0754. The number of amides is 1. The normalized spacial score (nSPS) is 12.2. The second kappa shape index (κ2) is 6.31. The first-order valence-electron chi connectivity index (χ1n) is 5.22. The number of carbonyl (C=O) groups excluding carboxylic acids is 1. The van der Waals surface area contributed by atoms with Crippen LogP contribution in [0.2, 0.25) is 0 Å². The molecule has 1 atom stereocenters. The Bertz CT molecular complexity index is 411. The molecule has 3 nitrogen and oxygen atoms in total. The molecule has 1 rings (SSSR count).